The number of piperazine rings is 1. The van der Waals surface area contributed by atoms with Crippen LogP contribution in [0.4, 0.5) is 11.5 Å². The summed E-state index contributed by atoms with van der Waals surface area (Å²) >= 11 is 0. The first-order chi connectivity index (χ1) is 20.4. The molecule has 3 aromatic carbocycles. The molecule has 210 valence electrons. The molecule has 2 amide bonds. The summed E-state index contributed by atoms with van der Waals surface area (Å²) in [5.74, 6) is 0.412. The lowest BCUT2D eigenvalue weighted by molar-refractivity contribution is 0.0746. The van der Waals surface area contributed by atoms with Gasteiger partial charge in [-0.05, 0) is 79.6 Å². The van der Waals surface area contributed by atoms with Gasteiger partial charge < -0.3 is 25.3 Å². The number of hydrogen-bond acceptors (Lipinski definition) is 6. The zero-order valence-electron chi connectivity index (χ0n) is 23.6. The second-order valence-corrected chi connectivity index (χ2v) is 11.0. The summed E-state index contributed by atoms with van der Waals surface area (Å²) in [7, 11) is 0. The Bertz CT molecular complexity index is 1950. The van der Waals surface area contributed by atoms with Crippen molar-refractivity contribution in [3.8, 4) is 0 Å². The van der Waals surface area contributed by atoms with Crippen LogP contribution in [0.5, 0.6) is 0 Å². The van der Waals surface area contributed by atoms with Gasteiger partial charge in [-0.25, -0.2) is 4.98 Å². The SMILES string of the molecule is Cc1cc(N)nc(C)c1CNC(=O)c1ccc2c(c1)c1oc2c2cc(N3CCN(C(=O)c4ccccc4)CC3)ccc21. The van der Waals surface area contributed by atoms with Crippen molar-refractivity contribution >= 4 is 56.0 Å². The Morgan fingerprint density at radius 1 is 0.833 bits per heavy atom. The topological polar surface area (TPSA) is 105 Å². The minimum atomic E-state index is -0.151. The molecule has 42 heavy (non-hydrogen) atoms. The van der Waals surface area contributed by atoms with E-state index in [2.05, 4.69) is 33.4 Å². The van der Waals surface area contributed by atoms with Crippen molar-refractivity contribution in [3.05, 3.63) is 101 Å². The number of aromatic nitrogens is 1. The zero-order chi connectivity index (χ0) is 29.0. The van der Waals surface area contributed by atoms with E-state index in [1.807, 2.05) is 73.3 Å². The molecule has 1 saturated heterocycles. The number of hydrogen-bond donors (Lipinski definition) is 2. The summed E-state index contributed by atoms with van der Waals surface area (Å²) < 4.78 is 6.27. The molecule has 8 nitrogen and oxygen atoms in total. The average molecular weight is 558 g/mol. The molecule has 0 radical (unpaired) electrons. The van der Waals surface area contributed by atoms with Gasteiger partial charge in [0.2, 0.25) is 0 Å². The van der Waals surface area contributed by atoms with Crippen LogP contribution in [0.2, 0.25) is 0 Å². The number of nitrogens with one attached hydrogen (secondary N) is 1. The maximum atomic E-state index is 13.1. The van der Waals surface area contributed by atoms with Gasteiger partial charge in [-0.1, -0.05) is 18.2 Å². The third kappa shape index (κ3) is 4.36. The molecule has 6 aromatic rings. The Labute approximate surface area is 243 Å². The standard InChI is InChI=1S/C34H31N5O3/c1-20-16-30(35)37-21(2)29(20)19-36-33(40)23-8-10-25-27(17-23)31-26-11-9-24(18-28(26)32(25)42-31)38-12-14-39(15-13-38)34(41)22-6-4-3-5-7-22/h3-11,16-18H,12-15,19H2,1-2H3,(H2,35,37)(H,36,40). The van der Waals surface area contributed by atoms with Gasteiger partial charge in [0.05, 0.1) is 0 Å². The van der Waals surface area contributed by atoms with Crippen LogP contribution in [0.15, 0.2) is 77.2 Å². The van der Waals surface area contributed by atoms with Gasteiger partial charge >= 0.3 is 0 Å². The summed E-state index contributed by atoms with van der Waals surface area (Å²) in [6.07, 6.45) is 0. The van der Waals surface area contributed by atoms with Crippen LogP contribution >= 0.6 is 0 Å². The number of nitrogens with two attached hydrogens (primary N) is 1. The van der Waals surface area contributed by atoms with Gasteiger partial charge in [0, 0.05) is 76.8 Å². The van der Waals surface area contributed by atoms with Crippen LogP contribution in [0.1, 0.15) is 37.5 Å². The Morgan fingerprint density at radius 3 is 2.24 bits per heavy atom. The number of fused-ring (bicyclic) bond motifs is 8. The number of anilines is 2. The van der Waals surface area contributed by atoms with Gasteiger partial charge in [0.1, 0.15) is 17.0 Å². The van der Waals surface area contributed by atoms with E-state index in [4.69, 9.17) is 10.2 Å². The van der Waals surface area contributed by atoms with E-state index in [1.54, 1.807) is 0 Å². The first kappa shape index (κ1) is 25.8. The molecule has 0 saturated carbocycles. The maximum Gasteiger partial charge on any atom is 0.253 e. The minimum Gasteiger partial charge on any atom is -0.455 e. The summed E-state index contributed by atoms with van der Waals surface area (Å²) in [6, 6.07) is 23.4. The monoisotopic (exact) mass is 557 g/mol. The van der Waals surface area contributed by atoms with Gasteiger partial charge in [0.15, 0.2) is 0 Å². The zero-order valence-corrected chi connectivity index (χ0v) is 23.6. The largest absolute Gasteiger partial charge is 0.455 e. The van der Waals surface area contributed by atoms with Crippen molar-refractivity contribution in [2.45, 2.75) is 20.4 Å². The van der Waals surface area contributed by atoms with E-state index in [0.717, 1.165) is 73.9 Å². The fourth-order valence-corrected chi connectivity index (χ4v) is 6.16. The van der Waals surface area contributed by atoms with Crippen molar-refractivity contribution < 1.29 is 14.0 Å². The van der Waals surface area contributed by atoms with E-state index in [9.17, 15) is 9.59 Å². The number of furan rings is 2. The quantitative estimate of drug-likeness (QED) is 0.265. The minimum absolute atomic E-state index is 0.0824. The second kappa shape index (κ2) is 10.1. The van der Waals surface area contributed by atoms with Crippen molar-refractivity contribution in [3.63, 3.8) is 0 Å². The Morgan fingerprint density at radius 2 is 1.52 bits per heavy atom. The fraction of sp³-hybridized carbons (Fsp3) is 0.206. The number of carbonyl (C=O) groups excluding carboxylic acids is 2. The molecular formula is C34H31N5O3. The number of amides is 2. The van der Waals surface area contributed by atoms with Crippen LogP contribution in [0, 0.1) is 13.8 Å². The number of benzene rings is 4. The molecule has 0 spiro atoms. The molecule has 0 aliphatic carbocycles. The number of aryl methyl sites for hydroxylation is 2. The second-order valence-electron chi connectivity index (χ2n) is 11.0. The van der Waals surface area contributed by atoms with E-state index in [0.29, 0.717) is 31.0 Å². The van der Waals surface area contributed by atoms with Crippen LogP contribution in [0.25, 0.3) is 32.7 Å². The van der Waals surface area contributed by atoms with Crippen LogP contribution in [-0.4, -0.2) is 47.9 Å². The average Bonchev–Trinajstić information content (AvgIpc) is 3.57. The number of pyridine rings is 1. The molecule has 1 aliphatic rings. The molecule has 0 atom stereocenters. The molecule has 2 bridgehead atoms. The number of nitrogen functional groups attached to an aromatic ring is 1. The Hall–Kier alpha value is -5.11. The first-order valence-electron chi connectivity index (χ1n) is 14.2. The third-order valence-corrected chi connectivity index (χ3v) is 8.42. The first-order valence-corrected chi connectivity index (χ1v) is 14.2. The number of nitrogens with zero attached hydrogens (tertiary/aromatic N) is 3. The summed E-state index contributed by atoms with van der Waals surface area (Å²) in [6.45, 7) is 7.15. The number of rotatable bonds is 5. The third-order valence-electron chi connectivity index (χ3n) is 8.42. The van der Waals surface area contributed by atoms with E-state index in [-0.39, 0.29) is 11.8 Å². The van der Waals surface area contributed by atoms with Gasteiger partial charge in [-0.3, -0.25) is 9.59 Å². The van der Waals surface area contributed by atoms with Crippen molar-refractivity contribution in [1.82, 2.24) is 15.2 Å². The molecule has 1 aliphatic heterocycles. The van der Waals surface area contributed by atoms with Gasteiger partial charge in [-0.2, -0.15) is 0 Å². The van der Waals surface area contributed by atoms with Crippen LogP contribution < -0.4 is 16.0 Å². The Balaban J connectivity index is 1.09. The molecule has 4 heterocycles. The van der Waals surface area contributed by atoms with Crippen molar-refractivity contribution in [2.24, 2.45) is 0 Å². The lowest BCUT2D eigenvalue weighted by Crippen LogP contribution is -2.48. The smallest absolute Gasteiger partial charge is 0.253 e. The number of carbonyl (C=O) groups is 2. The summed E-state index contributed by atoms with van der Waals surface area (Å²) in [5.41, 5.74) is 12.7. The van der Waals surface area contributed by atoms with E-state index < -0.39 is 0 Å². The predicted molar refractivity (Wildman–Crippen MR) is 166 cm³/mol. The van der Waals surface area contributed by atoms with Crippen molar-refractivity contribution in [2.75, 3.05) is 36.8 Å². The van der Waals surface area contributed by atoms with Crippen LogP contribution in [0.3, 0.4) is 0 Å². The van der Waals surface area contributed by atoms with Gasteiger partial charge in [0.25, 0.3) is 11.8 Å². The highest BCUT2D eigenvalue weighted by Gasteiger charge is 2.24. The highest BCUT2D eigenvalue weighted by molar-refractivity contribution is 6.26. The molecule has 7 rings (SSSR count). The summed E-state index contributed by atoms with van der Waals surface area (Å²) in [4.78, 5) is 34.5. The van der Waals surface area contributed by atoms with Crippen LogP contribution in [-0.2, 0) is 6.54 Å². The fourth-order valence-electron chi connectivity index (χ4n) is 6.16. The highest BCUT2D eigenvalue weighted by Crippen LogP contribution is 2.42. The maximum absolute atomic E-state index is 13.1. The summed E-state index contributed by atoms with van der Waals surface area (Å²) in [5, 5.41) is 7.07. The molecule has 1 fully saturated rings. The van der Waals surface area contributed by atoms with Crippen molar-refractivity contribution in [1.29, 1.82) is 0 Å². The lowest BCUT2D eigenvalue weighted by Gasteiger charge is -2.36. The molecule has 8 heteroatoms. The van der Waals surface area contributed by atoms with E-state index >= 15 is 0 Å². The lowest BCUT2D eigenvalue weighted by atomic mass is 10.0. The molecule has 3 aromatic heterocycles. The molecule has 0 unspecified atom stereocenters. The predicted octanol–water partition coefficient (Wildman–Crippen LogP) is 5.66. The van der Waals surface area contributed by atoms with Gasteiger partial charge in [-0.15, -0.1) is 0 Å². The van der Waals surface area contributed by atoms with E-state index in [1.165, 1.54) is 0 Å². The highest BCUT2D eigenvalue weighted by atomic mass is 16.3. The molecular weight excluding hydrogens is 526 g/mol. The molecule has 3 N–H and O–H groups in total. The normalized spacial score (nSPS) is 13.9. The Kier molecular flexibility index (Phi) is 6.19.